The number of carbonyl (C=O) groups is 3. The highest BCUT2D eigenvalue weighted by atomic mass is 16.4. The Morgan fingerprint density at radius 1 is 1.40 bits per heavy atom. The van der Waals surface area contributed by atoms with Gasteiger partial charge in [0.2, 0.25) is 5.91 Å². The lowest BCUT2D eigenvalue weighted by Gasteiger charge is -2.20. The Kier molecular flexibility index (Phi) is 4.63. The summed E-state index contributed by atoms with van der Waals surface area (Å²) < 4.78 is 0. The van der Waals surface area contributed by atoms with Crippen LogP contribution in [-0.4, -0.2) is 34.5 Å². The number of nitrogens with two attached hydrogens (primary N) is 1. The molecule has 1 rings (SSSR count). The van der Waals surface area contributed by atoms with Gasteiger partial charge in [0.1, 0.15) is 0 Å². The van der Waals surface area contributed by atoms with Gasteiger partial charge in [-0.05, 0) is 26.0 Å². The number of carboxylic acids is 1. The first-order chi connectivity index (χ1) is 9.24. The topological polar surface area (TPSA) is 134 Å². The third kappa shape index (κ3) is 3.94. The van der Waals surface area contributed by atoms with E-state index in [2.05, 4.69) is 15.6 Å². The fraction of sp³-hybridized carbons (Fsp3) is 0.333. The molecule has 0 atom stereocenters. The molecule has 8 nitrogen and oxygen atoms in total. The minimum absolute atomic E-state index is 0.0246. The van der Waals surface area contributed by atoms with Crippen LogP contribution in [0.4, 0.5) is 10.5 Å². The molecule has 1 aromatic rings. The first-order valence-electron chi connectivity index (χ1n) is 5.77. The molecule has 0 aliphatic carbocycles. The van der Waals surface area contributed by atoms with Gasteiger partial charge in [0, 0.05) is 12.7 Å². The van der Waals surface area contributed by atoms with Crippen LogP contribution in [-0.2, 0) is 4.79 Å². The maximum atomic E-state index is 11.7. The van der Waals surface area contributed by atoms with Crippen molar-refractivity contribution in [1.82, 2.24) is 10.3 Å². The predicted octanol–water partition coefficient (Wildman–Crippen LogP) is 0.413. The van der Waals surface area contributed by atoms with Gasteiger partial charge in [0.15, 0.2) is 5.69 Å². The van der Waals surface area contributed by atoms with Gasteiger partial charge in [-0.25, -0.2) is 14.6 Å². The summed E-state index contributed by atoms with van der Waals surface area (Å²) in [5.41, 5.74) is 4.07. The predicted molar refractivity (Wildman–Crippen MR) is 71.2 cm³/mol. The summed E-state index contributed by atoms with van der Waals surface area (Å²) in [4.78, 5) is 37.3. The third-order valence-electron chi connectivity index (χ3n) is 2.62. The van der Waals surface area contributed by atoms with Crippen molar-refractivity contribution in [3.05, 3.63) is 24.0 Å². The summed E-state index contributed by atoms with van der Waals surface area (Å²) in [6.45, 7) is 3.20. The summed E-state index contributed by atoms with van der Waals surface area (Å²) >= 11 is 0. The Morgan fingerprint density at radius 2 is 2.05 bits per heavy atom. The van der Waals surface area contributed by atoms with Crippen LogP contribution in [0, 0.1) is 5.41 Å². The summed E-state index contributed by atoms with van der Waals surface area (Å²) in [6, 6.07) is 2.26. The van der Waals surface area contributed by atoms with Crippen molar-refractivity contribution < 1.29 is 19.5 Å². The molecule has 0 fully saturated rings. The normalized spacial score (nSPS) is 10.7. The van der Waals surface area contributed by atoms with E-state index in [1.165, 1.54) is 18.3 Å². The Morgan fingerprint density at radius 3 is 2.60 bits per heavy atom. The van der Waals surface area contributed by atoms with Gasteiger partial charge in [0.05, 0.1) is 11.1 Å². The lowest BCUT2D eigenvalue weighted by atomic mass is 9.93. The van der Waals surface area contributed by atoms with Crippen LogP contribution in [0.25, 0.3) is 0 Å². The lowest BCUT2D eigenvalue weighted by Crippen LogP contribution is -2.43. The first-order valence-corrected chi connectivity index (χ1v) is 5.77. The molecule has 0 bridgehead atoms. The zero-order valence-electron chi connectivity index (χ0n) is 11.1. The smallest absolute Gasteiger partial charge is 0.356 e. The van der Waals surface area contributed by atoms with E-state index in [1.807, 2.05) is 0 Å². The van der Waals surface area contributed by atoms with E-state index < -0.39 is 23.3 Å². The van der Waals surface area contributed by atoms with Crippen LogP contribution in [0.15, 0.2) is 18.3 Å². The number of nitrogens with zero attached hydrogens (tertiary/aromatic N) is 1. The monoisotopic (exact) mass is 280 g/mol. The number of carboxylic acid groups (broad SMARTS) is 1. The number of aromatic carboxylic acids is 1. The summed E-state index contributed by atoms with van der Waals surface area (Å²) in [5, 5.41) is 13.7. The molecule has 1 heterocycles. The highest BCUT2D eigenvalue weighted by Gasteiger charge is 2.25. The zero-order valence-corrected chi connectivity index (χ0v) is 11.1. The van der Waals surface area contributed by atoms with E-state index in [0.717, 1.165) is 0 Å². The molecule has 0 saturated heterocycles. The number of amides is 3. The summed E-state index contributed by atoms with van der Waals surface area (Å²) in [7, 11) is 0. The standard InChI is InChI=1S/C12H16N4O4/c1-12(2,10(13)19)6-15-11(20)16-7-4-3-5-14-8(7)9(17)18/h3-5H,6H2,1-2H3,(H2,13,19)(H,17,18)(H2,15,16,20). The quantitative estimate of drug-likeness (QED) is 0.619. The van der Waals surface area contributed by atoms with Crippen LogP contribution in [0.1, 0.15) is 24.3 Å². The average Bonchev–Trinajstić information content (AvgIpc) is 2.36. The molecule has 0 radical (unpaired) electrons. The maximum Gasteiger partial charge on any atom is 0.356 e. The minimum Gasteiger partial charge on any atom is -0.476 e. The van der Waals surface area contributed by atoms with E-state index in [1.54, 1.807) is 13.8 Å². The van der Waals surface area contributed by atoms with Crippen molar-refractivity contribution >= 4 is 23.6 Å². The molecular formula is C12H16N4O4. The fourth-order valence-electron chi connectivity index (χ4n) is 1.23. The molecule has 0 saturated carbocycles. The number of hydrogen-bond donors (Lipinski definition) is 4. The van der Waals surface area contributed by atoms with Crippen LogP contribution in [0.5, 0.6) is 0 Å². The van der Waals surface area contributed by atoms with Gasteiger partial charge in [-0.1, -0.05) is 0 Å². The Labute approximate surface area is 115 Å². The number of carbonyl (C=O) groups excluding carboxylic acids is 2. The Bertz CT molecular complexity index is 542. The fourth-order valence-corrected chi connectivity index (χ4v) is 1.23. The SMILES string of the molecule is CC(C)(CNC(=O)Nc1cccnc1C(=O)O)C(N)=O. The largest absolute Gasteiger partial charge is 0.476 e. The molecule has 0 spiro atoms. The second-order valence-corrected chi connectivity index (χ2v) is 4.76. The molecule has 0 aliphatic rings. The van der Waals surface area contributed by atoms with Gasteiger partial charge in [-0.2, -0.15) is 0 Å². The second-order valence-electron chi connectivity index (χ2n) is 4.76. The first kappa shape index (κ1) is 15.4. The molecule has 108 valence electrons. The number of hydrogen-bond acceptors (Lipinski definition) is 4. The number of anilines is 1. The maximum absolute atomic E-state index is 11.7. The number of primary amides is 1. The van der Waals surface area contributed by atoms with Crippen LogP contribution in [0.3, 0.4) is 0 Å². The lowest BCUT2D eigenvalue weighted by molar-refractivity contribution is -0.125. The van der Waals surface area contributed by atoms with Crippen LogP contribution >= 0.6 is 0 Å². The molecule has 0 aromatic carbocycles. The van der Waals surface area contributed by atoms with Crippen molar-refractivity contribution in [2.75, 3.05) is 11.9 Å². The van der Waals surface area contributed by atoms with E-state index in [-0.39, 0.29) is 17.9 Å². The molecule has 0 unspecified atom stereocenters. The zero-order chi connectivity index (χ0) is 15.3. The van der Waals surface area contributed by atoms with Crippen molar-refractivity contribution in [2.45, 2.75) is 13.8 Å². The van der Waals surface area contributed by atoms with Crippen LogP contribution in [0.2, 0.25) is 0 Å². The molecule has 8 heteroatoms. The molecule has 0 aliphatic heterocycles. The third-order valence-corrected chi connectivity index (χ3v) is 2.62. The van der Waals surface area contributed by atoms with Crippen molar-refractivity contribution in [3.8, 4) is 0 Å². The van der Waals surface area contributed by atoms with E-state index in [9.17, 15) is 14.4 Å². The van der Waals surface area contributed by atoms with Gasteiger partial charge in [-0.15, -0.1) is 0 Å². The van der Waals surface area contributed by atoms with Gasteiger partial charge < -0.3 is 21.5 Å². The molecular weight excluding hydrogens is 264 g/mol. The molecule has 5 N–H and O–H groups in total. The number of nitrogens with one attached hydrogen (secondary N) is 2. The van der Waals surface area contributed by atoms with Gasteiger partial charge >= 0.3 is 12.0 Å². The Hall–Kier alpha value is -2.64. The highest BCUT2D eigenvalue weighted by molar-refractivity contribution is 5.98. The molecule has 1 aromatic heterocycles. The van der Waals surface area contributed by atoms with Crippen molar-refractivity contribution in [2.24, 2.45) is 11.1 Å². The number of urea groups is 1. The number of aromatic nitrogens is 1. The van der Waals surface area contributed by atoms with E-state index >= 15 is 0 Å². The second kappa shape index (κ2) is 6.00. The van der Waals surface area contributed by atoms with Gasteiger partial charge in [-0.3, -0.25) is 4.79 Å². The van der Waals surface area contributed by atoms with E-state index in [0.29, 0.717) is 0 Å². The average molecular weight is 280 g/mol. The summed E-state index contributed by atoms with van der Waals surface area (Å²) in [5.74, 6) is -1.80. The highest BCUT2D eigenvalue weighted by Crippen LogP contribution is 2.13. The van der Waals surface area contributed by atoms with Crippen molar-refractivity contribution in [3.63, 3.8) is 0 Å². The Balaban J connectivity index is 2.69. The van der Waals surface area contributed by atoms with Crippen LogP contribution < -0.4 is 16.4 Å². The summed E-state index contributed by atoms with van der Waals surface area (Å²) in [6.07, 6.45) is 1.31. The minimum atomic E-state index is -1.25. The number of pyridine rings is 1. The van der Waals surface area contributed by atoms with E-state index in [4.69, 9.17) is 10.8 Å². The molecule has 3 amide bonds. The molecule has 20 heavy (non-hydrogen) atoms. The van der Waals surface area contributed by atoms with Gasteiger partial charge in [0.25, 0.3) is 0 Å². The number of rotatable bonds is 5. The van der Waals surface area contributed by atoms with Crippen molar-refractivity contribution in [1.29, 1.82) is 0 Å².